The molecule has 0 aliphatic carbocycles. The zero-order chi connectivity index (χ0) is 14.9. The van der Waals surface area contributed by atoms with E-state index in [2.05, 4.69) is 54.2 Å². The molecule has 0 aliphatic heterocycles. The Kier molecular flexibility index (Phi) is 5.00. The van der Waals surface area contributed by atoms with E-state index in [4.69, 9.17) is 23.2 Å². The van der Waals surface area contributed by atoms with Gasteiger partial charge in [0, 0.05) is 11.0 Å². The normalized spacial score (nSPS) is 10.7. The summed E-state index contributed by atoms with van der Waals surface area (Å²) in [5.41, 5.74) is 6.00. The number of anilines is 1. The summed E-state index contributed by atoms with van der Waals surface area (Å²) < 4.78 is 0.803. The summed E-state index contributed by atoms with van der Waals surface area (Å²) in [6.07, 6.45) is 0. The Morgan fingerprint density at radius 1 is 1.00 bits per heavy atom. The van der Waals surface area contributed by atoms with Crippen molar-refractivity contribution in [2.24, 2.45) is 0 Å². The fourth-order valence-corrected chi connectivity index (χ4v) is 3.18. The van der Waals surface area contributed by atoms with Crippen LogP contribution in [0.5, 0.6) is 0 Å². The molecule has 4 heteroatoms. The van der Waals surface area contributed by atoms with E-state index in [0.717, 1.165) is 16.7 Å². The van der Waals surface area contributed by atoms with Gasteiger partial charge in [-0.2, -0.15) is 0 Å². The molecule has 0 bridgehead atoms. The second-order valence-electron chi connectivity index (χ2n) is 4.95. The highest BCUT2D eigenvalue weighted by Crippen LogP contribution is 2.36. The SMILES string of the molecule is Cc1cc(C)c(CNc2ccc(Br)c(Cl)c2Cl)c(C)c1. The van der Waals surface area contributed by atoms with Crippen LogP contribution in [-0.2, 0) is 6.54 Å². The van der Waals surface area contributed by atoms with Gasteiger partial charge in [-0.1, -0.05) is 40.9 Å². The van der Waals surface area contributed by atoms with Gasteiger partial charge >= 0.3 is 0 Å². The van der Waals surface area contributed by atoms with Crippen molar-refractivity contribution in [1.82, 2.24) is 0 Å². The number of rotatable bonds is 3. The van der Waals surface area contributed by atoms with Crippen molar-refractivity contribution in [2.45, 2.75) is 27.3 Å². The molecule has 0 atom stereocenters. The Balaban J connectivity index is 2.24. The molecule has 1 N–H and O–H groups in total. The van der Waals surface area contributed by atoms with E-state index < -0.39 is 0 Å². The standard InChI is InChI=1S/C16H16BrCl2N/c1-9-6-10(2)12(11(3)7-9)8-20-14-5-4-13(17)15(18)16(14)19/h4-7,20H,8H2,1-3H3. The first-order valence-electron chi connectivity index (χ1n) is 6.34. The maximum atomic E-state index is 6.25. The molecule has 0 saturated heterocycles. The first-order chi connectivity index (χ1) is 9.40. The third kappa shape index (κ3) is 3.30. The lowest BCUT2D eigenvalue weighted by Gasteiger charge is -2.15. The topological polar surface area (TPSA) is 12.0 Å². The maximum Gasteiger partial charge on any atom is 0.0835 e. The van der Waals surface area contributed by atoms with E-state index in [1.165, 1.54) is 22.3 Å². The Bertz CT molecular complexity index is 630. The van der Waals surface area contributed by atoms with Crippen LogP contribution in [0, 0.1) is 20.8 Å². The molecule has 0 radical (unpaired) electrons. The Morgan fingerprint density at radius 2 is 1.60 bits per heavy atom. The van der Waals surface area contributed by atoms with Crippen LogP contribution in [0.15, 0.2) is 28.7 Å². The lowest BCUT2D eigenvalue weighted by atomic mass is 10.00. The largest absolute Gasteiger partial charge is 0.380 e. The summed E-state index contributed by atoms with van der Waals surface area (Å²) in [5, 5.41) is 4.44. The smallest absolute Gasteiger partial charge is 0.0835 e. The first kappa shape index (κ1) is 15.7. The van der Waals surface area contributed by atoms with Gasteiger partial charge in [0.1, 0.15) is 0 Å². The lowest BCUT2D eigenvalue weighted by Crippen LogP contribution is -2.04. The molecular formula is C16H16BrCl2N. The fourth-order valence-electron chi connectivity index (χ4n) is 2.33. The van der Waals surface area contributed by atoms with Crippen molar-refractivity contribution in [1.29, 1.82) is 0 Å². The average Bonchev–Trinajstić information content (AvgIpc) is 2.37. The molecule has 2 aromatic carbocycles. The minimum atomic E-state index is 0.536. The molecule has 0 aliphatic rings. The quantitative estimate of drug-likeness (QED) is 0.624. The summed E-state index contributed by atoms with van der Waals surface area (Å²) in [5.74, 6) is 0. The molecule has 0 saturated carbocycles. The lowest BCUT2D eigenvalue weighted by molar-refractivity contribution is 1.08. The highest BCUT2D eigenvalue weighted by molar-refractivity contribution is 9.10. The zero-order valence-electron chi connectivity index (χ0n) is 11.7. The molecule has 0 fully saturated rings. The molecule has 0 unspecified atom stereocenters. The number of hydrogen-bond donors (Lipinski definition) is 1. The summed E-state index contributed by atoms with van der Waals surface area (Å²) in [6, 6.07) is 8.21. The number of nitrogens with one attached hydrogen (secondary N) is 1. The van der Waals surface area contributed by atoms with E-state index in [1.807, 2.05) is 12.1 Å². The van der Waals surface area contributed by atoms with Gasteiger partial charge in [0.15, 0.2) is 0 Å². The van der Waals surface area contributed by atoms with Crippen LogP contribution >= 0.6 is 39.1 Å². The van der Waals surface area contributed by atoms with E-state index >= 15 is 0 Å². The Hall–Kier alpha value is -0.700. The van der Waals surface area contributed by atoms with Crippen LogP contribution in [0.4, 0.5) is 5.69 Å². The molecule has 2 rings (SSSR count). The second-order valence-corrected chi connectivity index (χ2v) is 6.56. The van der Waals surface area contributed by atoms with Gasteiger partial charge in [-0.3, -0.25) is 0 Å². The second kappa shape index (κ2) is 6.38. The third-order valence-corrected chi connectivity index (χ3v) is 5.10. The average molecular weight is 373 g/mol. The number of benzene rings is 2. The molecule has 0 amide bonds. The minimum absolute atomic E-state index is 0.536. The van der Waals surface area contributed by atoms with Crippen LogP contribution in [-0.4, -0.2) is 0 Å². The molecule has 0 heterocycles. The van der Waals surface area contributed by atoms with E-state index in [1.54, 1.807) is 0 Å². The van der Waals surface area contributed by atoms with Crippen LogP contribution in [0.25, 0.3) is 0 Å². The predicted octanol–water partition coefficient (Wildman–Crippen LogP) is 6.29. The molecule has 0 aromatic heterocycles. The van der Waals surface area contributed by atoms with Crippen LogP contribution in [0.2, 0.25) is 10.0 Å². The van der Waals surface area contributed by atoms with Crippen molar-refractivity contribution < 1.29 is 0 Å². The van der Waals surface area contributed by atoms with Crippen molar-refractivity contribution in [2.75, 3.05) is 5.32 Å². The molecule has 0 spiro atoms. The van der Waals surface area contributed by atoms with Crippen LogP contribution in [0.3, 0.4) is 0 Å². The summed E-state index contributed by atoms with van der Waals surface area (Å²) in [4.78, 5) is 0. The van der Waals surface area contributed by atoms with Crippen LogP contribution in [0.1, 0.15) is 22.3 Å². The summed E-state index contributed by atoms with van der Waals surface area (Å²) >= 11 is 15.7. The molecule has 2 aromatic rings. The van der Waals surface area contributed by atoms with Crippen molar-refractivity contribution >= 4 is 44.8 Å². The highest BCUT2D eigenvalue weighted by Gasteiger charge is 2.09. The summed E-state index contributed by atoms with van der Waals surface area (Å²) in [7, 11) is 0. The highest BCUT2D eigenvalue weighted by atomic mass is 79.9. The predicted molar refractivity (Wildman–Crippen MR) is 92.1 cm³/mol. The van der Waals surface area contributed by atoms with E-state index in [9.17, 15) is 0 Å². The van der Waals surface area contributed by atoms with E-state index in [0.29, 0.717) is 10.0 Å². The number of halogens is 3. The van der Waals surface area contributed by atoms with Gasteiger partial charge in [-0.15, -0.1) is 0 Å². The first-order valence-corrected chi connectivity index (χ1v) is 7.89. The molecule has 1 nitrogen and oxygen atoms in total. The number of aryl methyl sites for hydroxylation is 3. The van der Waals surface area contributed by atoms with Crippen molar-refractivity contribution in [3.8, 4) is 0 Å². The van der Waals surface area contributed by atoms with Gasteiger partial charge < -0.3 is 5.32 Å². The monoisotopic (exact) mass is 371 g/mol. The molecule has 106 valence electrons. The fraction of sp³-hybridized carbons (Fsp3) is 0.250. The van der Waals surface area contributed by atoms with Crippen molar-refractivity contribution in [3.63, 3.8) is 0 Å². The number of hydrogen-bond acceptors (Lipinski definition) is 1. The third-order valence-electron chi connectivity index (χ3n) is 3.33. The van der Waals surface area contributed by atoms with Gasteiger partial charge in [0.25, 0.3) is 0 Å². The van der Waals surface area contributed by atoms with Crippen molar-refractivity contribution in [3.05, 3.63) is 61.0 Å². The minimum Gasteiger partial charge on any atom is -0.380 e. The summed E-state index contributed by atoms with van der Waals surface area (Å²) in [6.45, 7) is 7.11. The maximum absolute atomic E-state index is 6.25. The Labute approximate surface area is 138 Å². The van der Waals surface area contributed by atoms with Gasteiger partial charge in [-0.05, 0) is 65.5 Å². The molecule has 20 heavy (non-hydrogen) atoms. The zero-order valence-corrected chi connectivity index (χ0v) is 14.7. The van der Waals surface area contributed by atoms with E-state index in [-0.39, 0.29) is 0 Å². The van der Waals surface area contributed by atoms with Gasteiger partial charge in [0.2, 0.25) is 0 Å². The van der Waals surface area contributed by atoms with Gasteiger partial charge in [-0.25, -0.2) is 0 Å². The Morgan fingerprint density at radius 3 is 2.20 bits per heavy atom. The molecular weight excluding hydrogens is 357 g/mol. The van der Waals surface area contributed by atoms with Gasteiger partial charge in [0.05, 0.1) is 15.7 Å². The van der Waals surface area contributed by atoms with Crippen LogP contribution < -0.4 is 5.32 Å².